The highest BCUT2D eigenvalue weighted by Gasteiger charge is 2.17. The first kappa shape index (κ1) is 41.7. The molecule has 0 aliphatic heterocycles. The molecule has 64 heavy (non-hydrogen) atoms. The summed E-state index contributed by atoms with van der Waals surface area (Å²) in [4.78, 5) is 0. The molecule has 4 nitrogen and oxygen atoms in total. The van der Waals surface area contributed by atoms with Gasteiger partial charge in [-0.3, -0.25) is 0 Å². The first-order valence-electron chi connectivity index (χ1n) is 20.7. The van der Waals surface area contributed by atoms with Crippen molar-refractivity contribution in [2.75, 3.05) is 0 Å². The van der Waals surface area contributed by atoms with E-state index in [1.54, 1.807) is 12.1 Å². The summed E-state index contributed by atoms with van der Waals surface area (Å²) in [5.41, 5.74) is 10.9. The molecule has 0 aliphatic carbocycles. The zero-order valence-electron chi connectivity index (χ0n) is 34.1. The van der Waals surface area contributed by atoms with E-state index in [2.05, 4.69) is 169 Å². The average Bonchev–Trinajstić information content (AvgIpc) is 3.88. The van der Waals surface area contributed by atoms with Crippen molar-refractivity contribution in [2.24, 2.45) is 0 Å². The Morgan fingerprint density at radius 1 is 0.312 bits per heavy atom. The van der Waals surface area contributed by atoms with Crippen molar-refractivity contribution in [3.8, 4) is 33.4 Å². The molecule has 10 aromatic carbocycles. The topological polar surface area (TPSA) is 66.7 Å². The molecule has 0 saturated carbocycles. The molecule has 0 saturated heterocycles. The molecule has 0 aliphatic rings. The molecule has 2 N–H and O–H groups in total. The minimum atomic E-state index is -1.46. The predicted octanol–water partition coefficient (Wildman–Crippen LogP) is 16.1. The fourth-order valence-electron chi connectivity index (χ4n) is 8.32. The van der Waals surface area contributed by atoms with Crippen LogP contribution in [0.4, 0.5) is 0 Å². The Kier molecular flexibility index (Phi) is 11.8. The van der Waals surface area contributed by atoms with Crippen molar-refractivity contribution >= 4 is 126 Å². The molecule has 12 aromatic rings. The second-order valence-corrected chi connectivity index (χ2v) is 18.2. The van der Waals surface area contributed by atoms with Crippen molar-refractivity contribution in [1.82, 2.24) is 0 Å². The maximum Gasteiger partial charge on any atom is 0.489 e. The molecule has 0 amide bonds. The van der Waals surface area contributed by atoms with Gasteiger partial charge in [0.15, 0.2) is 0 Å². The minimum absolute atomic E-state index is 0.526. The van der Waals surface area contributed by atoms with Gasteiger partial charge in [-0.25, -0.2) is 0 Å². The summed E-state index contributed by atoms with van der Waals surface area (Å²) in [5.74, 6) is 0. The lowest BCUT2D eigenvalue weighted by molar-refractivity contribution is 0.426. The average molecular weight is 1020 g/mol. The van der Waals surface area contributed by atoms with Crippen LogP contribution < -0.4 is 5.46 Å². The first-order chi connectivity index (χ1) is 31.3. The Balaban J connectivity index is 0.000000122. The fraction of sp³-hybridized carbons (Fsp3) is 0. The van der Waals surface area contributed by atoms with Crippen LogP contribution in [0.1, 0.15) is 0 Å². The molecule has 12 rings (SSSR count). The second-order valence-electron chi connectivity index (χ2n) is 15.5. The van der Waals surface area contributed by atoms with Gasteiger partial charge >= 0.3 is 7.12 Å². The normalized spacial score (nSPS) is 11.2. The number of hydrogen-bond donors (Lipinski definition) is 2. The van der Waals surface area contributed by atoms with Crippen molar-refractivity contribution in [3.63, 3.8) is 0 Å². The second kappa shape index (κ2) is 18.1. The summed E-state index contributed by atoms with van der Waals surface area (Å²) < 4.78 is 15.0. The quantitative estimate of drug-likeness (QED) is 0.172. The Bertz CT molecular complexity index is 3610. The van der Waals surface area contributed by atoms with Gasteiger partial charge in [0.2, 0.25) is 0 Å². The van der Waals surface area contributed by atoms with E-state index in [9.17, 15) is 10.0 Å². The van der Waals surface area contributed by atoms with E-state index in [0.717, 1.165) is 73.8 Å². The highest BCUT2D eigenvalue weighted by atomic mass is 79.9. The Morgan fingerprint density at radius 2 is 0.656 bits per heavy atom. The van der Waals surface area contributed by atoms with Crippen LogP contribution in [0, 0.1) is 0 Å². The highest BCUT2D eigenvalue weighted by molar-refractivity contribution is 9.11. The van der Waals surface area contributed by atoms with Gasteiger partial charge in [-0.1, -0.05) is 175 Å². The van der Waals surface area contributed by atoms with Gasteiger partial charge in [-0.05, 0) is 139 Å². The van der Waals surface area contributed by atoms with Crippen LogP contribution in [-0.4, -0.2) is 17.2 Å². The Hall–Kier alpha value is -6.26. The molecule has 8 heteroatoms. The lowest BCUT2D eigenvalue weighted by Crippen LogP contribution is -2.31. The van der Waals surface area contributed by atoms with E-state index in [1.807, 2.05) is 72.8 Å². The molecule has 0 radical (unpaired) electrons. The number of furan rings is 2. The molecule has 0 atom stereocenters. The van der Waals surface area contributed by atoms with E-state index in [4.69, 9.17) is 8.83 Å². The van der Waals surface area contributed by atoms with Gasteiger partial charge < -0.3 is 18.9 Å². The minimum Gasteiger partial charge on any atom is -0.456 e. The highest BCUT2D eigenvalue weighted by Crippen LogP contribution is 2.38. The monoisotopic (exact) mass is 1020 g/mol. The van der Waals surface area contributed by atoms with Gasteiger partial charge in [0.25, 0.3) is 0 Å². The van der Waals surface area contributed by atoms with E-state index in [-0.39, 0.29) is 0 Å². The molecule has 0 bridgehead atoms. The van der Waals surface area contributed by atoms with Gasteiger partial charge in [0, 0.05) is 35.0 Å². The third-order valence-corrected chi connectivity index (χ3v) is 12.9. The number of fused-ring (bicyclic) bond motifs is 8. The third kappa shape index (κ3) is 8.56. The summed E-state index contributed by atoms with van der Waals surface area (Å²) in [6.45, 7) is 0. The van der Waals surface area contributed by atoms with E-state index in [0.29, 0.717) is 5.46 Å². The summed E-state index contributed by atoms with van der Waals surface area (Å²) in [7, 11) is -1.46. The standard InChI is InChI=1S/C28H17BrO.C16H13BO2.C12H6Br2O/c29-22-12-14-28-26(17-22)25-16-21(11-13-27(25)30-28)24-8-4-3-7-23(24)20-10-9-18-5-1-2-6-19(18)15-20;18-17(19)16-8-4-3-7-15(16)14-10-9-12-5-1-2-6-13(12)11-14;13-7-1-3-11-9(5-7)10-6-8(14)2-4-12(10)15-11/h1-17H;1-11,18-19H;1-6H. The van der Waals surface area contributed by atoms with E-state index in [1.165, 1.54) is 38.4 Å². The SMILES string of the molecule is Brc1ccc2oc3ccc(-c4ccccc4-c4ccc5ccccc5c4)cc3c2c1.Brc1ccc2oc3ccc(Br)cc3c2c1.OB(O)c1ccccc1-c1ccc2ccccc2c1. The van der Waals surface area contributed by atoms with Crippen LogP contribution in [0.5, 0.6) is 0 Å². The van der Waals surface area contributed by atoms with Crippen LogP contribution in [0.3, 0.4) is 0 Å². The van der Waals surface area contributed by atoms with Crippen molar-refractivity contribution in [2.45, 2.75) is 0 Å². The lowest BCUT2D eigenvalue weighted by atomic mass is 9.75. The number of benzene rings is 10. The van der Waals surface area contributed by atoms with Crippen LogP contribution >= 0.6 is 47.8 Å². The summed E-state index contributed by atoms with van der Waals surface area (Å²) in [6.07, 6.45) is 0. The van der Waals surface area contributed by atoms with Crippen molar-refractivity contribution in [3.05, 3.63) is 220 Å². The van der Waals surface area contributed by atoms with Crippen molar-refractivity contribution in [1.29, 1.82) is 0 Å². The third-order valence-electron chi connectivity index (χ3n) is 11.4. The molecule has 2 heterocycles. The van der Waals surface area contributed by atoms with Crippen molar-refractivity contribution < 1.29 is 18.9 Å². The van der Waals surface area contributed by atoms with Crippen LogP contribution in [-0.2, 0) is 0 Å². The summed E-state index contributed by atoms with van der Waals surface area (Å²) >= 11 is 10.5. The number of hydrogen-bond acceptors (Lipinski definition) is 4. The molecule has 308 valence electrons. The Labute approximate surface area is 394 Å². The number of halogens is 3. The molecular weight excluding hydrogens is 987 g/mol. The summed E-state index contributed by atoms with van der Waals surface area (Å²) in [5, 5.41) is 28.2. The molecule has 0 unspecified atom stereocenters. The molecule has 2 aromatic heterocycles. The van der Waals surface area contributed by atoms with Crippen LogP contribution in [0.15, 0.2) is 229 Å². The van der Waals surface area contributed by atoms with Crippen LogP contribution in [0.25, 0.3) is 98.8 Å². The smallest absolute Gasteiger partial charge is 0.456 e. The zero-order chi connectivity index (χ0) is 43.7. The van der Waals surface area contributed by atoms with Crippen LogP contribution in [0.2, 0.25) is 0 Å². The first-order valence-corrected chi connectivity index (χ1v) is 23.1. The largest absolute Gasteiger partial charge is 0.489 e. The van der Waals surface area contributed by atoms with Gasteiger partial charge in [0.1, 0.15) is 22.3 Å². The van der Waals surface area contributed by atoms with Gasteiger partial charge in [0.05, 0.1) is 0 Å². The lowest BCUT2D eigenvalue weighted by Gasteiger charge is -2.11. The number of rotatable bonds is 4. The predicted molar refractivity (Wildman–Crippen MR) is 278 cm³/mol. The Morgan fingerprint density at radius 3 is 1.12 bits per heavy atom. The summed E-state index contributed by atoms with van der Waals surface area (Å²) in [6, 6.07) is 70.1. The maximum atomic E-state index is 9.43. The molecular formula is C56H36BBr3O4. The van der Waals surface area contributed by atoms with Gasteiger partial charge in [-0.15, -0.1) is 0 Å². The fourth-order valence-corrected chi connectivity index (χ4v) is 9.41. The van der Waals surface area contributed by atoms with E-state index >= 15 is 0 Å². The maximum absolute atomic E-state index is 9.43. The van der Waals surface area contributed by atoms with Gasteiger partial charge in [-0.2, -0.15) is 0 Å². The van der Waals surface area contributed by atoms with E-state index < -0.39 is 7.12 Å². The molecule has 0 fully saturated rings. The molecule has 0 spiro atoms. The zero-order valence-corrected chi connectivity index (χ0v) is 38.8.